The van der Waals surface area contributed by atoms with Gasteiger partial charge in [-0.3, -0.25) is 0 Å². The van der Waals surface area contributed by atoms with Crippen LogP contribution in [0.25, 0.3) is 0 Å². The Morgan fingerprint density at radius 3 is 2.82 bits per heavy atom. The summed E-state index contributed by atoms with van der Waals surface area (Å²) in [5.41, 5.74) is 3.38. The zero-order valence-corrected chi connectivity index (χ0v) is 12.0. The van der Waals surface area contributed by atoms with Crippen LogP contribution in [-0.4, -0.2) is 12.6 Å². The maximum atomic E-state index is 13.7. The van der Waals surface area contributed by atoms with Crippen LogP contribution in [0.4, 0.5) is 4.39 Å². The summed E-state index contributed by atoms with van der Waals surface area (Å²) in [6, 6.07) is 2.11. The topological polar surface area (TPSA) is 12.0 Å². The number of nitrogens with one attached hydrogen (secondary N) is 1. The number of benzene rings is 1. The monoisotopic (exact) mass is 299 g/mol. The van der Waals surface area contributed by atoms with Crippen LogP contribution in [0.5, 0.6) is 0 Å². The minimum Gasteiger partial charge on any atom is -0.314 e. The normalized spacial score (nSPS) is 20.6. The Balaban J connectivity index is 2.24. The number of hydrogen-bond acceptors (Lipinski definition) is 1. The Labute approximate surface area is 111 Å². The van der Waals surface area contributed by atoms with Crippen molar-refractivity contribution < 1.29 is 4.39 Å². The van der Waals surface area contributed by atoms with Crippen molar-refractivity contribution in [2.75, 3.05) is 6.54 Å². The molecular formula is C14H19BrFN. The Morgan fingerprint density at radius 1 is 1.41 bits per heavy atom. The molecule has 1 atom stereocenters. The molecule has 1 nitrogen and oxygen atoms in total. The van der Waals surface area contributed by atoms with Crippen LogP contribution in [0.2, 0.25) is 0 Å². The largest absolute Gasteiger partial charge is 0.314 e. The van der Waals surface area contributed by atoms with E-state index in [2.05, 4.69) is 28.2 Å². The first-order chi connectivity index (χ1) is 8.09. The number of piperidine rings is 1. The van der Waals surface area contributed by atoms with Crippen LogP contribution in [0.1, 0.15) is 36.0 Å². The van der Waals surface area contributed by atoms with Gasteiger partial charge in [0.15, 0.2) is 0 Å². The van der Waals surface area contributed by atoms with Gasteiger partial charge in [-0.1, -0.05) is 6.42 Å². The maximum absolute atomic E-state index is 13.7. The van der Waals surface area contributed by atoms with Gasteiger partial charge < -0.3 is 5.32 Å². The van der Waals surface area contributed by atoms with Crippen LogP contribution in [-0.2, 0) is 6.42 Å². The minimum atomic E-state index is -0.140. The summed E-state index contributed by atoms with van der Waals surface area (Å²) in [6.07, 6.45) is 4.66. The molecule has 1 unspecified atom stereocenters. The molecule has 17 heavy (non-hydrogen) atoms. The SMILES string of the molecule is Cc1cc(F)c(Br)c(CC2CCCCN2)c1C. The molecule has 0 radical (unpaired) electrons. The Bertz CT molecular complexity index is 385. The fourth-order valence-electron chi connectivity index (χ4n) is 2.50. The highest BCUT2D eigenvalue weighted by Crippen LogP contribution is 2.28. The average molecular weight is 300 g/mol. The molecule has 1 aliphatic heterocycles. The number of halogens is 2. The molecule has 3 heteroatoms. The van der Waals surface area contributed by atoms with Crippen molar-refractivity contribution in [2.24, 2.45) is 0 Å². The van der Waals surface area contributed by atoms with Crippen molar-refractivity contribution in [1.82, 2.24) is 5.32 Å². The molecule has 1 heterocycles. The minimum absolute atomic E-state index is 0.140. The van der Waals surface area contributed by atoms with Crippen molar-refractivity contribution in [3.63, 3.8) is 0 Å². The second-order valence-electron chi connectivity index (χ2n) is 4.94. The van der Waals surface area contributed by atoms with Gasteiger partial charge >= 0.3 is 0 Å². The van der Waals surface area contributed by atoms with Crippen molar-refractivity contribution in [3.8, 4) is 0 Å². The molecule has 0 spiro atoms. The van der Waals surface area contributed by atoms with Gasteiger partial charge in [-0.2, -0.15) is 0 Å². The molecule has 0 aliphatic carbocycles. The van der Waals surface area contributed by atoms with Gasteiger partial charge in [-0.05, 0) is 78.3 Å². The van der Waals surface area contributed by atoms with Crippen molar-refractivity contribution >= 4 is 15.9 Å². The van der Waals surface area contributed by atoms with E-state index in [1.54, 1.807) is 6.07 Å². The van der Waals surface area contributed by atoms with Gasteiger partial charge in [0.1, 0.15) is 5.82 Å². The predicted octanol–water partition coefficient (Wildman–Crippen LogP) is 3.89. The summed E-state index contributed by atoms with van der Waals surface area (Å²) in [7, 11) is 0. The highest BCUT2D eigenvalue weighted by Gasteiger charge is 2.18. The molecule has 1 saturated heterocycles. The number of aryl methyl sites for hydroxylation is 1. The standard InChI is InChI=1S/C14H19BrFN/c1-9-7-13(16)14(15)12(10(9)2)8-11-5-3-4-6-17-11/h7,11,17H,3-6,8H2,1-2H3. The lowest BCUT2D eigenvalue weighted by Crippen LogP contribution is -2.35. The third-order valence-corrected chi connectivity index (χ3v) is 4.58. The summed E-state index contributed by atoms with van der Waals surface area (Å²) in [4.78, 5) is 0. The van der Waals surface area contributed by atoms with Crippen molar-refractivity contribution in [3.05, 3.63) is 33.0 Å². The fraction of sp³-hybridized carbons (Fsp3) is 0.571. The molecule has 1 aromatic carbocycles. The average Bonchev–Trinajstić information content (AvgIpc) is 2.33. The molecule has 1 N–H and O–H groups in total. The molecule has 0 amide bonds. The highest BCUT2D eigenvalue weighted by atomic mass is 79.9. The quantitative estimate of drug-likeness (QED) is 0.873. The van der Waals surface area contributed by atoms with E-state index in [0.717, 1.165) is 24.1 Å². The zero-order valence-electron chi connectivity index (χ0n) is 10.4. The third-order valence-electron chi connectivity index (χ3n) is 3.72. The van der Waals surface area contributed by atoms with E-state index in [1.807, 2.05) is 6.92 Å². The lowest BCUT2D eigenvalue weighted by atomic mass is 9.93. The van der Waals surface area contributed by atoms with Crippen molar-refractivity contribution in [1.29, 1.82) is 0 Å². The van der Waals surface area contributed by atoms with Gasteiger partial charge in [0.05, 0.1) is 4.47 Å². The number of hydrogen-bond donors (Lipinski definition) is 1. The molecule has 1 aromatic rings. The molecule has 0 aromatic heterocycles. The van der Waals surface area contributed by atoms with E-state index in [9.17, 15) is 4.39 Å². The van der Waals surface area contributed by atoms with Crippen LogP contribution in [0, 0.1) is 19.7 Å². The smallest absolute Gasteiger partial charge is 0.137 e. The van der Waals surface area contributed by atoms with Crippen molar-refractivity contribution in [2.45, 2.75) is 45.6 Å². The molecule has 2 rings (SSSR count). The summed E-state index contributed by atoms with van der Waals surface area (Å²) < 4.78 is 14.4. The molecular weight excluding hydrogens is 281 g/mol. The summed E-state index contributed by atoms with van der Waals surface area (Å²) in [5, 5.41) is 3.52. The molecule has 94 valence electrons. The second-order valence-corrected chi connectivity index (χ2v) is 5.74. The lowest BCUT2D eigenvalue weighted by Gasteiger charge is -2.25. The van der Waals surface area contributed by atoms with E-state index >= 15 is 0 Å². The van der Waals surface area contributed by atoms with Gasteiger partial charge in [0, 0.05) is 6.04 Å². The maximum Gasteiger partial charge on any atom is 0.137 e. The van der Waals surface area contributed by atoms with E-state index in [-0.39, 0.29) is 5.82 Å². The predicted molar refractivity (Wildman–Crippen MR) is 72.9 cm³/mol. The van der Waals surface area contributed by atoms with Crippen LogP contribution < -0.4 is 5.32 Å². The molecule has 0 bridgehead atoms. The summed E-state index contributed by atoms with van der Waals surface area (Å²) >= 11 is 3.39. The Hall–Kier alpha value is -0.410. The summed E-state index contributed by atoms with van der Waals surface area (Å²) in [5.74, 6) is -0.140. The molecule has 1 aliphatic rings. The fourth-order valence-corrected chi connectivity index (χ4v) is 3.07. The Morgan fingerprint density at radius 2 is 2.18 bits per heavy atom. The van der Waals surface area contributed by atoms with Gasteiger partial charge in [-0.25, -0.2) is 4.39 Å². The Kier molecular flexibility index (Phi) is 4.21. The van der Waals surface area contributed by atoms with Crippen LogP contribution in [0.3, 0.4) is 0 Å². The van der Waals surface area contributed by atoms with E-state index in [1.165, 1.54) is 24.8 Å². The van der Waals surface area contributed by atoms with E-state index < -0.39 is 0 Å². The first-order valence-electron chi connectivity index (χ1n) is 6.27. The molecule has 1 fully saturated rings. The van der Waals surface area contributed by atoms with Gasteiger partial charge in [0.2, 0.25) is 0 Å². The van der Waals surface area contributed by atoms with Gasteiger partial charge in [-0.15, -0.1) is 0 Å². The highest BCUT2D eigenvalue weighted by molar-refractivity contribution is 9.10. The van der Waals surface area contributed by atoms with Crippen LogP contribution >= 0.6 is 15.9 Å². The number of rotatable bonds is 2. The van der Waals surface area contributed by atoms with Gasteiger partial charge in [0.25, 0.3) is 0 Å². The van der Waals surface area contributed by atoms with E-state index in [4.69, 9.17) is 0 Å². The molecule has 0 saturated carbocycles. The third kappa shape index (κ3) is 2.89. The first-order valence-corrected chi connectivity index (χ1v) is 7.06. The first kappa shape index (κ1) is 13.0. The zero-order chi connectivity index (χ0) is 12.4. The van der Waals surface area contributed by atoms with Crippen LogP contribution in [0.15, 0.2) is 10.5 Å². The second kappa shape index (κ2) is 5.49. The van der Waals surface area contributed by atoms with E-state index in [0.29, 0.717) is 10.5 Å². The lowest BCUT2D eigenvalue weighted by molar-refractivity contribution is 0.398. The summed E-state index contributed by atoms with van der Waals surface area (Å²) in [6.45, 7) is 5.15.